The number of aromatic nitrogens is 3. The zero-order valence-corrected chi connectivity index (χ0v) is 22.1. The molecule has 0 saturated carbocycles. The highest BCUT2D eigenvalue weighted by Gasteiger charge is 2.33. The summed E-state index contributed by atoms with van der Waals surface area (Å²) in [6.07, 6.45) is -0.623. The van der Waals surface area contributed by atoms with Crippen LogP contribution in [0.5, 0.6) is 17.2 Å². The van der Waals surface area contributed by atoms with E-state index >= 15 is 0 Å². The van der Waals surface area contributed by atoms with Gasteiger partial charge in [0.1, 0.15) is 17.0 Å². The van der Waals surface area contributed by atoms with Crippen molar-refractivity contribution in [1.82, 2.24) is 15.0 Å². The van der Waals surface area contributed by atoms with Crippen LogP contribution in [-0.2, 0) is 11.3 Å². The molecule has 0 unspecified atom stereocenters. The van der Waals surface area contributed by atoms with Gasteiger partial charge in [0.15, 0.2) is 11.5 Å². The maximum absolute atomic E-state index is 13.9. The predicted molar refractivity (Wildman–Crippen MR) is 136 cm³/mol. The Balaban J connectivity index is 2.19. The number of ketones is 1. The van der Waals surface area contributed by atoms with E-state index in [2.05, 4.69) is 10.3 Å². The van der Waals surface area contributed by atoms with Crippen LogP contribution in [0, 0.1) is 10.1 Å². The van der Waals surface area contributed by atoms with Gasteiger partial charge in [0.05, 0.1) is 43.5 Å². The zero-order chi connectivity index (χ0) is 28.0. The number of carbonyl (C=O) groups is 2. The molecule has 3 aromatic rings. The molecule has 0 fully saturated rings. The second kappa shape index (κ2) is 12.2. The molecule has 1 aromatic heterocycles. The Kier molecular flexibility index (Phi) is 9.00. The van der Waals surface area contributed by atoms with Crippen LogP contribution >= 0.6 is 0 Å². The fourth-order valence-corrected chi connectivity index (χ4v) is 3.59. The summed E-state index contributed by atoms with van der Waals surface area (Å²) < 4.78 is 23.0. The molecule has 2 aromatic carbocycles. The minimum Gasteiger partial charge on any atom is -0.497 e. The minimum atomic E-state index is -0.877. The highest BCUT2D eigenvalue weighted by atomic mass is 16.6. The fraction of sp³-hybridized carbons (Fsp3) is 0.385. The average molecular weight is 527 g/mol. The lowest BCUT2D eigenvalue weighted by molar-refractivity contribution is -0.385. The minimum absolute atomic E-state index is 0.0333. The Morgan fingerprint density at radius 3 is 2.16 bits per heavy atom. The number of benzene rings is 2. The number of nitro benzene ring substituents is 1. The Morgan fingerprint density at radius 2 is 1.63 bits per heavy atom. The largest absolute Gasteiger partial charge is 0.497 e. The normalized spacial score (nSPS) is 10.9. The van der Waals surface area contributed by atoms with Gasteiger partial charge in [0.2, 0.25) is 11.5 Å². The van der Waals surface area contributed by atoms with E-state index in [-0.39, 0.29) is 53.8 Å². The molecule has 0 amide bonds. The third-order valence-electron chi connectivity index (χ3n) is 5.14. The summed E-state index contributed by atoms with van der Waals surface area (Å²) in [5, 5.41) is 19.9. The van der Waals surface area contributed by atoms with Crippen molar-refractivity contribution in [3.63, 3.8) is 0 Å². The van der Waals surface area contributed by atoms with Crippen molar-refractivity contribution in [3.8, 4) is 17.2 Å². The lowest BCUT2D eigenvalue weighted by Gasteiger charge is -2.18. The van der Waals surface area contributed by atoms with Crippen molar-refractivity contribution < 1.29 is 33.5 Å². The molecule has 12 heteroatoms. The van der Waals surface area contributed by atoms with E-state index in [1.54, 1.807) is 58.9 Å². The van der Waals surface area contributed by atoms with Crippen LogP contribution in [0.15, 0.2) is 36.4 Å². The first-order valence-corrected chi connectivity index (χ1v) is 12.0. The SMILES string of the molecule is CCOC(=O)c1nnn(Cc2ccc(OC)cc2)c1C(=O)c1cc(OC(C)C)c(OC(C)C)cc1[N+](=O)[O-]. The van der Waals surface area contributed by atoms with Crippen LogP contribution in [0.2, 0.25) is 0 Å². The molecule has 0 bridgehead atoms. The first-order valence-electron chi connectivity index (χ1n) is 12.0. The van der Waals surface area contributed by atoms with E-state index in [1.165, 1.54) is 17.9 Å². The molecule has 202 valence electrons. The van der Waals surface area contributed by atoms with Crippen LogP contribution in [0.3, 0.4) is 0 Å². The van der Waals surface area contributed by atoms with Gasteiger partial charge in [-0.3, -0.25) is 14.9 Å². The summed E-state index contributed by atoms with van der Waals surface area (Å²) in [5.74, 6) is -0.823. The Labute approximate surface area is 219 Å². The van der Waals surface area contributed by atoms with Gasteiger partial charge in [-0.05, 0) is 52.3 Å². The monoisotopic (exact) mass is 526 g/mol. The predicted octanol–water partition coefficient (Wildman–Crippen LogP) is 4.23. The quantitative estimate of drug-likeness (QED) is 0.145. The standard InChI is InChI=1S/C26H30N4O8/c1-7-36-26(32)23-24(29(28-27-23)14-17-8-10-18(35-6)11-9-17)25(31)19-12-21(37-15(2)3)22(38-16(4)5)13-20(19)30(33)34/h8-13,15-16H,7,14H2,1-6H3. The van der Waals surface area contributed by atoms with Crippen LogP contribution < -0.4 is 14.2 Å². The molecule has 3 rings (SSSR count). The molecule has 1 heterocycles. The molecular weight excluding hydrogens is 496 g/mol. The summed E-state index contributed by atoms with van der Waals surface area (Å²) in [6.45, 7) is 8.76. The van der Waals surface area contributed by atoms with Crippen LogP contribution in [0.25, 0.3) is 0 Å². The molecule has 0 radical (unpaired) electrons. The smallest absolute Gasteiger partial charge is 0.361 e. The highest BCUT2D eigenvalue weighted by Crippen LogP contribution is 2.37. The van der Waals surface area contributed by atoms with Crippen LogP contribution in [0.4, 0.5) is 5.69 Å². The second-order valence-electron chi connectivity index (χ2n) is 8.75. The van der Waals surface area contributed by atoms with E-state index < -0.39 is 22.4 Å². The number of esters is 1. The molecule has 0 aliphatic carbocycles. The van der Waals surface area contributed by atoms with Crippen molar-refractivity contribution in [2.24, 2.45) is 0 Å². The van der Waals surface area contributed by atoms with Gasteiger partial charge in [-0.15, -0.1) is 5.10 Å². The highest BCUT2D eigenvalue weighted by molar-refractivity contribution is 6.15. The summed E-state index contributed by atoms with van der Waals surface area (Å²) in [5.41, 5.74) is -0.720. The number of rotatable bonds is 12. The van der Waals surface area contributed by atoms with Crippen molar-refractivity contribution in [3.05, 3.63) is 69.0 Å². The van der Waals surface area contributed by atoms with Crippen LogP contribution in [-0.4, -0.2) is 57.6 Å². The summed E-state index contributed by atoms with van der Waals surface area (Å²) in [7, 11) is 1.54. The van der Waals surface area contributed by atoms with Gasteiger partial charge in [-0.25, -0.2) is 9.48 Å². The second-order valence-corrected chi connectivity index (χ2v) is 8.75. The maximum atomic E-state index is 13.9. The summed E-state index contributed by atoms with van der Waals surface area (Å²) in [6, 6.07) is 9.37. The third kappa shape index (κ3) is 6.44. The lowest BCUT2D eigenvalue weighted by Crippen LogP contribution is -2.19. The topological polar surface area (TPSA) is 145 Å². The zero-order valence-electron chi connectivity index (χ0n) is 22.1. The van der Waals surface area contributed by atoms with Gasteiger partial charge in [-0.2, -0.15) is 0 Å². The van der Waals surface area contributed by atoms with E-state index in [4.69, 9.17) is 18.9 Å². The Morgan fingerprint density at radius 1 is 1.03 bits per heavy atom. The Bertz CT molecular complexity index is 1320. The van der Waals surface area contributed by atoms with Gasteiger partial charge in [-0.1, -0.05) is 17.3 Å². The number of hydrogen-bond acceptors (Lipinski definition) is 10. The molecule has 0 spiro atoms. The number of nitro groups is 1. The Hall–Kier alpha value is -4.48. The number of methoxy groups -OCH3 is 1. The number of hydrogen-bond donors (Lipinski definition) is 0. The molecule has 0 aliphatic rings. The molecule has 0 atom stereocenters. The molecule has 38 heavy (non-hydrogen) atoms. The van der Waals surface area contributed by atoms with Gasteiger partial charge in [0.25, 0.3) is 5.69 Å². The number of carbonyl (C=O) groups excluding carboxylic acids is 2. The van der Waals surface area contributed by atoms with Gasteiger partial charge >= 0.3 is 5.97 Å². The third-order valence-corrected chi connectivity index (χ3v) is 5.14. The van der Waals surface area contributed by atoms with Crippen molar-refractivity contribution in [2.45, 2.75) is 53.4 Å². The molecular formula is C26H30N4O8. The van der Waals surface area contributed by atoms with E-state index in [9.17, 15) is 19.7 Å². The first kappa shape index (κ1) is 28.1. The van der Waals surface area contributed by atoms with Crippen molar-refractivity contribution in [2.75, 3.05) is 13.7 Å². The van der Waals surface area contributed by atoms with Gasteiger partial charge < -0.3 is 18.9 Å². The summed E-state index contributed by atoms with van der Waals surface area (Å²) in [4.78, 5) is 37.9. The van der Waals surface area contributed by atoms with Crippen molar-refractivity contribution in [1.29, 1.82) is 0 Å². The van der Waals surface area contributed by atoms with E-state index in [0.717, 1.165) is 11.6 Å². The lowest BCUT2D eigenvalue weighted by atomic mass is 10.0. The average Bonchev–Trinajstić information content (AvgIpc) is 3.27. The summed E-state index contributed by atoms with van der Waals surface area (Å²) >= 11 is 0. The number of ether oxygens (including phenoxy) is 4. The maximum Gasteiger partial charge on any atom is 0.361 e. The molecule has 12 nitrogen and oxygen atoms in total. The van der Waals surface area contributed by atoms with Crippen LogP contribution in [0.1, 0.15) is 66.7 Å². The van der Waals surface area contributed by atoms with E-state index in [1.807, 2.05) is 0 Å². The molecule has 0 aliphatic heterocycles. The molecule has 0 saturated heterocycles. The first-order chi connectivity index (χ1) is 18.0. The van der Waals surface area contributed by atoms with Crippen molar-refractivity contribution >= 4 is 17.4 Å². The van der Waals surface area contributed by atoms with E-state index in [0.29, 0.717) is 5.75 Å². The fourth-order valence-electron chi connectivity index (χ4n) is 3.59. The van der Waals surface area contributed by atoms with Gasteiger partial charge in [0, 0.05) is 6.07 Å². The molecule has 0 N–H and O–H groups in total. The number of nitrogens with zero attached hydrogens (tertiary/aromatic N) is 4.